The highest BCUT2D eigenvalue weighted by atomic mass is 16.5. The zero-order valence-corrected chi connectivity index (χ0v) is 11.9. The van der Waals surface area contributed by atoms with Crippen molar-refractivity contribution in [1.29, 1.82) is 0 Å². The number of carbonyl (C=O) groups excluding carboxylic acids is 1. The molecule has 0 aromatic heterocycles. The van der Waals surface area contributed by atoms with Gasteiger partial charge in [-0.25, -0.2) is 0 Å². The number of hydrogen-bond acceptors (Lipinski definition) is 2. The summed E-state index contributed by atoms with van der Waals surface area (Å²) < 4.78 is 5.68. The van der Waals surface area contributed by atoms with E-state index in [1.54, 1.807) is 6.92 Å². The lowest BCUT2D eigenvalue weighted by atomic mass is 10.1. The van der Waals surface area contributed by atoms with Gasteiger partial charge in [-0.3, -0.25) is 4.79 Å². The van der Waals surface area contributed by atoms with Crippen LogP contribution in [0.1, 0.15) is 33.3 Å². The molecule has 0 saturated carbocycles. The molecule has 1 aromatic carbocycles. The van der Waals surface area contributed by atoms with Gasteiger partial charge in [0.15, 0.2) is 6.10 Å². The van der Waals surface area contributed by atoms with Gasteiger partial charge in [-0.1, -0.05) is 32.0 Å². The van der Waals surface area contributed by atoms with Crippen LogP contribution in [0.5, 0.6) is 5.75 Å². The third-order valence-electron chi connectivity index (χ3n) is 3.14. The number of amides is 1. The summed E-state index contributed by atoms with van der Waals surface area (Å²) in [7, 11) is 0. The first-order valence-electron chi connectivity index (χ1n) is 6.44. The third-order valence-corrected chi connectivity index (χ3v) is 3.14. The van der Waals surface area contributed by atoms with E-state index in [9.17, 15) is 4.79 Å². The Balaban J connectivity index is 2.58. The summed E-state index contributed by atoms with van der Waals surface area (Å²) in [6.45, 7) is 9.91. The Morgan fingerprint density at radius 3 is 2.33 bits per heavy atom. The molecule has 18 heavy (non-hydrogen) atoms. The quantitative estimate of drug-likeness (QED) is 0.871. The van der Waals surface area contributed by atoms with E-state index in [1.165, 1.54) is 0 Å². The normalized spacial score (nSPS) is 14.1. The fourth-order valence-corrected chi connectivity index (χ4v) is 1.44. The molecule has 1 amide bonds. The molecule has 0 fully saturated rings. The summed E-state index contributed by atoms with van der Waals surface area (Å²) in [5.74, 6) is 1.11. The highest BCUT2D eigenvalue weighted by molar-refractivity contribution is 5.81. The van der Waals surface area contributed by atoms with Crippen LogP contribution in [0.3, 0.4) is 0 Å². The van der Waals surface area contributed by atoms with E-state index in [2.05, 4.69) is 19.2 Å². The Kier molecular flexibility index (Phi) is 5.20. The van der Waals surface area contributed by atoms with Crippen LogP contribution in [-0.4, -0.2) is 18.1 Å². The number of aryl methyl sites for hydroxylation is 1. The van der Waals surface area contributed by atoms with Gasteiger partial charge in [0.05, 0.1) is 0 Å². The van der Waals surface area contributed by atoms with Crippen LogP contribution in [0.2, 0.25) is 0 Å². The lowest BCUT2D eigenvalue weighted by molar-refractivity contribution is -0.128. The van der Waals surface area contributed by atoms with Crippen molar-refractivity contribution >= 4 is 5.91 Å². The highest BCUT2D eigenvalue weighted by Crippen LogP contribution is 2.17. The van der Waals surface area contributed by atoms with Gasteiger partial charge in [-0.15, -0.1) is 0 Å². The second-order valence-corrected chi connectivity index (χ2v) is 5.07. The SMILES string of the molecule is Cc1ccccc1O[C@@H](C)C(=O)N[C@@H](C)C(C)C. The lowest BCUT2D eigenvalue weighted by Gasteiger charge is -2.21. The summed E-state index contributed by atoms with van der Waals surface area (Å²) in [6, 6.07) is 7.86. The summed E-state index contributed by atoms with van der Waals surface area (Å²) in [5.41, 5.74) is 1.04. The first kappa shape index (κ1) is 14.6. The molecule has 1 rings (SSSR count). The largest absolute Gasteiger partial charge is 0.481 e. The molecule has 0 bridgehead atoms. The molecule has 3 nitrogen and oxygen atoms in total. The van der Waals surface area contributed by atoms with Gasteiger partial charge in [-0.05, 0) is 38.3 Å². The predicted octanol–water partition coefficient (Wildman–Crippen LogP) is 2.92. The summed E-state index contributed by atoms with van der Waals surface area (Å²) >= 11 is 0. The summed E-state index contributed by atoms with van der Waals surface area (Å²) in [4.78, 5) is 11.9. The van der Waals surface area contributed by atoms with Crippen molar-refractivity contribution in [2.75, 3.05) is 0 Å². The second-order valence-electron chi connectivity index (χ2n) is 5.07. The van der Waals surface area contributed by atoms with E-state index >= 15 is 0 Å². The first-order valence-corrected chi connectivity index (χ1v) is 6.44. The van der Waals surface area contributed by atoms with Crippen LogP contribution >= 0.6 is 0 Å². The molecule has 0 spiro atoms. The predicted molar refractivity (Wildman–Crippen MR) is 73.7 cm³/mol. The standard InChI is InChI=1S/C15H23NO2/c1-10(2)12(4)16-15(17)13(5)18-14-9-7-6-8-11(14)3/h6-10,12-13H,1-5H3,(H,16,17)/t12-,13-/m0/s1. The van der Waals surface area contributed by atoms with Crippen LogP contribution in [0.25, 0.3) is 0 Å². The van der Waals surface area contributed by atoms with Gasteiger partial charge in [-0.2, -0.15) is 0 Å². The van der Waals surface area contributed by atoms with Crippen LogP contribution in [0.15, 0.2) is 24.3 Å². The van der Waals surface area contributed by atoms with E-state index in [-0.39, 0.29) is 11.9 Å². The van der Waals surface area contributed by atoms with Gasteiger partial charge in [0.1, 0.15) is 5.75 Å². The van der Waals surface area contributed by atoms with Gasteiger partial charge in [0.2, 0.25) is 0 Å². The minimum Gasteiger partial charge on any atom is -0.481 e. The summed E-state index contributed by atoms with van der Waals surface area (Å²) in [6.07, 6.45) is -0.479. The maximum Gasteiger partial charge on any atom is 0.260 e. The molecule has 0 unspecified atom stereocenters. The van der Waals surface area contributed by atoms with Crippen LogP contribution in [0, 0.1) is 12.8 Å². The summed E-state index contributed by atoms with van der Waals surface area (Å²) in [5, 5.41) is 2.95. The van der Waals surface area contributed by atoms with E-state index in [0.717, 1.165) is 11.3 Å². The van der Waals surface area contributed by atoms with Crippen molar-refractivity contribution in [3.8, 4) is 5.75 Å². The molecule has 3 heteroatoms. The molecule has 1 N–H and O–H groups in total. The van der Waals surface area contributed by atoms with Crippen molar-refractivity contribution in [2.24, 2.45) is 5.92 Å². The highest BCUT2D eigenvalue weighted by Gasteiger charge is 2.18. The molecular weight excluding hydrogens is 226 g/mol. The van der Waals surface area contributed by atoms with E-state index in [4.69, 9.17) is 4.74 Å². The van der Waals surface area contributed by atoms with Gasteiger partial charge in [0.25, 0.3) is 5.91 Å². The third kappa shape index (κ3) is 4.06. The van der Waals surface area contributed by atoms with E-state index < -0.39 is 6.10 Å². The fourth-order valence-electron chi connectivity index (χ4n) is 1.44. The Morgan fingerprint density at radius 2 is 1.78 bits per heavy atom. The fraction of sp³-hybridized carbons (Fsp3) is 0.533. The number of carbonyl (C=O) groups is 1. The maximum absolute atomic E-state index is 11.9. The zero-order valence-electron chi connectivity index (χ0n) is 11.9. The zero-order chi connectivity index (χ0) is 13.7. The second kappa shape index (κ2) is 6.43. The van der Waals surface area contributed by atoms with Gasteiger partial charge < -0.3 is 10.1 Å². The molecule has 0 aliphatic rings. The van der Waals surface area contributed by atoms with Crippen molar-refractivity contribution in [2.45, 2.75) is 46.8 Å². The molecule has 0 heterocycles. The lowest BCUT2D eigenvalue weighted by Crippen LogP contribution is -2.43. The van der Waals surface area contributed by atoms with Crippen molar-refractivity contribution in [3.63, 3.8) is 0 Å². The van der Waals surface area contributed by atoms with E-state index in [0.29, 0.717) is 5.92 Å². The number of benzene rings is 1. The number of ether oxygens (including phenoxy) is 1. The maximum atomic E-state index is 11.9. The molecule has 0 aliphatic carbocycles. The monoisotopic (exact) mass is 249 g/mol. The Morgan fingerprint density at radius 1 is 1.17 bits per heavy atom. The van der Waals surface area contributed by atoms with Crippen molar-refractivity contribution in [3.05, 3.63) is 29.8 Å². The van der Waals surface area contributed by atoms with Gasteiger partial charge >= 0.3 is 0 Å². The Hall–Kier alpha value is -1.51. The molecule has 0 radical (unpaired) electrons. The molecule has 2 atom stereocenters. The van der Waals surface area contributed by atoms with Gasteiger partial charge in [0, 0.05) is 6.04 Å². The average molecular weight is 249 g/mol. The van der Waals surface area contributed by atoms with Crippen LogP contribution < -0.4 is 10.1 Å². The molecule has 0 saturated heterocycles. The minimum atomic E-state index is -0.479. The Labute approximate surface area is 110 Å². The van der Waals surface area contributed by atoms with Crippen LogP contribution in [0.4, 0.5) is 0 Å². The molecule has 0 aliphatic heterocycles. The first-order chi connectivity index (χ1) is 8.41. The number of nitrogens with one attached hydrogen (secondary N) is 1. The van der Waals surface area contributed by atoms with Crippen molar-refractivity contribution in [1.82, 2.24) is 5.32 Å². The average Bonchev–Trinajstić information content (AvgIpc) is 2.31. The number of rotatable bonds is 5. The topological polar surface area (TPSA) is 38.3 Å². The minimum absolute atomic E-state index is 0.0700. The molecular formula is C15H23NO2. The molecule has 100 valence electrons. The molecule has 1 aromatic rings. The van der Waals surface area contributed by atoms with Crippen molar-refractivity contribution < 1.29 is 9.53 Å². The van der Waals surface area contributed by atoms with Crippen LogP contribution in [-0.2, 0) is 4.79 Å². The Bertz CT molecular complexity index is 401. The smallest absolute Gasteiger partial charge is 0.260 e. The van der Waals surface area contributed by atoms with E-state index in [1.807, 2.05) is 38.1 Å². The number of hydrogen-bond donors (Lipinski definition) is 1. The number of para-hydroxylation sites is 1.